The molecular weight excluding hydrogens is 180 g/mol. The van der Waals surface area contributed by atoms with Crippen molar-refractivity contribution in [3.05, 3.63) is 0 Å². The van der Waals surface area contributed by atoms with Gasteiger partial charge in [-0.15, -0.1) is 0 Å². The van der Waals surface area contributed by atoms with Gasteiger partial charge in [0.05, 0.1) is 6.61 Å². The summed E-state index contributed by atoms with van der Waals surface area (Å²) in [5.74, 6) is -1.89. The summed E-state index contributed by atoms with van der Waals surface area (Å²) in [6, 6.07) is 0. The molecule has 0 bridgehead atoms. The van der Waals surface area contributed by atoms with Crippen LogP contribution in [0.2, 0.25) is 0 Å². The van der Waals surface area contributed by atoms with E-state index in [1.54, 1.807) is 0 Å². The van der Waals surface area contributed by atoms with E-state index < -0.39 is 36.8 Å². The maximum atomic E-state index is 9.32. The first kappa shape index (κ1) is 10.8. The fourth-order valence-corrected chi connectivity index (χ4v) is 1.32. The van der Waals surface area contributed by atoms with E-state index in [0.29, 0.717) is 0 Å². The molecule has 6 heteroatoms. The molecule has 78 valence electrons. The third-order valence-electron chi connectivity index (χ3n) is 2.15. The molecule has 13 heavy (non-hydrogen) atoms. The Hall–Kier alpha value is -0.240. The van der Waals surface area contributed by atoms with Gasteiger partial charge in [0.15, 0.2) is 5.79 Å². The van der Waals surface area contributed by atoms with Crippen LogP contribution in [0.15, 0.2) is 0 Å². The minimum absolute atomic E-state index is 0.607. The predicted octanol–water partition coefficient (Wildman–Crippen LogP) is -2.83. The van der Waals surface area contributed by atoms with Gasteiger partial charge < -0.3 is 30.3 Å². The third-order valence-corrected chi connectivity index (χ3v) is 2.15. The summed E-state index contributed by atoms with van der Waals surface area (Å²) < 4.78 is 4.77. The first-order valence-corrected chi connectivity index (χ1v) is 3.95. The van der Waals surface area contributed by atoms with E-state index in [2.05, 4.69) is 0 Å². The Morgan fingerprint density at radius 3 is 2.31 bits per heavy atom. The molecule has 0 amide bonds. The van der Waals surface area contributed by atoms with Crippen LogP contribution in [0, 0.1) is 0 Å². The second kappa shape index (κ2) is 3.49. The van der Waals surface area contributed by atoms with Crippen molar-refractivity contribution in [2.24, 2.45) is 0 Å². The van der Waals surface area contributed by atoms with E-state index in [9.17, 15) is 15.3 Å². The second-order valence-electron chi connectivity index (χ2n) is 3.32. The summed E-state index contributed by atoms with van der Waals surface area (Å²) in [5, 5.41) is 45.5. The zero-order valence-corrected chi connectivity index (χ0v) is 7.16. The lowest BCUT2D eigenvalue weighted by Gasteiger charge is -2.20. The van der Waals surface area contributed by atoms with Crippen LogP contribution in [0.1, 0.15) is 6.92 Å². The number of rotatable bonds is 2. The van der Waals surface area contributed by atoms with E-state index in [-0.39, 0.29) is 0 Å². The number of hydrogen-bond donors (Lipinski definition) is 5. The molecule has 1 saturated heterocycles. The Labute approximate surface area is 75.0 Å². The first-order valence-electron chi connectivity index (χ1n) is 3.95. The lowest BCUT2D eigenvalue weighted by atomic mass is 10.0. The largest absolute Gasteiger partial charge is 0.394 e. The van der Waals surface area contributed by atoms with Gasteiger partial charge in [-0.25, -0.2) is 0 Å². The van der Waals surface area contributed by atoms with Gasteiger partial charge in [-0.1, -0.05) is 0 Å². The zero-order chi connectivity index (χ0) is 10.2. The van der Waals surface area contributed by atoms with Gasteiger partial charge in [0.2, 0.25) is 0 Å². The van der Waals surface area contributed by atoms with Crippen molar-refractivity contribution in [2.45, 2.75) is 37.1 Å². The molecular formula is C7H14O6. The fraction of sp³-hybridized carbons (Fsp3) is 1.00. The van der Waals surface area contributed by atoms with Crippen LogP contribution < -0.4 is 0 Å². The first-order chi connectivity index (χ1) is 5.90. The molecule has 1 fully saturated rings. The van der Waals surface area contributed by atoms with Crippen molar-refractivity contribution in [2.75, 3.05) is 6.61 Å². The van der Waals surface area contributed by atoms with Crippen LogP contribution in [-0.4, -0.2) is 62.3 Å². The van der Waals surface area contributed by atoms with Crippen molar-refractivity contribution < 1.29 is 30.3 Å². The molecule has 0 radical (unpaired) electrons. The monoisotopic (exact) mass is 194 g/mol. The van der Waals surface area contributed by atoms with Crippen LogP contribution in [0.5, 0.6) is 0 Å². The van der Waals surface area contributed by atoms with Gasteiger partial charge in [-0.05, 0) is 6.92 Å². The molecule has 0 saturated carbocycles. The number of ether oxygens (including phenoxy) is 1. The van der Waals surface area contributed by atoms with Gasteiger partial charge >= 0.3 is 0 Å². The van der Waals surface area contributed by atoms with Gasteiger partial charge in [-0.2, -0.15) is 0 Å². The fourth-order valence-electron chi connectivity index (χ4n) is 1.32. The Morgan fingerprint density at radius 1 is 1.46 bits per heavy atom. The van der Waals surface area contributed by atoms with Gasteiger partial charge in [-0.3, -0.25) is 0 Å². The van der Waals surface area contributed by atoms with E-state index in [0.717, 1.165) is 0 Å². The SMILES string of the molecule is C[C@]1(O)O[C@@H]([C@H](O)CO)[C@@H](O)[C@@H]1O. The Kier molecular flexibility index (Phi) is 2.91. The Morgan fingerprint density at radius 2 is 2.00 bits per heavy atom. The Bertz CT molecular complexity index is 182. The average Bonchev–Trinajstić information content (AvgIpc) is 2.28. The standard InChI is InChI=1S/C7H14O6/c1-7(12)6(11)4(10)5(13-7)3(9)2-8/h3-6,8-12H,2H2,1H3/t3-,4-,5+,6+,7+/m1/s1. The second-order valence-corrected chi connectivity index (χ2v) is 3.32. The lowest BCUT2D eigenvalue weighted by Crippen LogP contribution is -2.41. The summed E-state index contributed by atoms with van der Waals surface area (Å²) in [6.07, 6.45) is -5.38. The minimum atomic E-state index is -1.89. The number of aliphatic hydroxyl groups excluding tert-OH is 4. The molecule has 0 unspecified atom stereocenters. The minimum Gasteiger partial charge on any atom is -0.394 e. The van der Waals surface area contributed by atoms with Crippen molar-refractivity contribution in [3.63, 3.8) is 0 Å². The normalized spacial score (nSPS) is 48.0. The van der Waals surface area contributed by atoms with Crippen LogP contribution in [0.3, 0.4) is 0 Å². The van der Waals surface area contributed by atoms with Crippen molar-refractivity contribution in [3.8, 4) is 0 Å². The molecule has 1 aliphatic rings. The number of hydrogen-bond acceptors (Lipinski definition) is 6. The smallest absolute Gasteiger partial charge is 0.192 e. The summed E-state index contributed by atoms with van der Waals surface area (Å²) in [7, 11) is 0. The summed E-state index contributed by atoms with van der Waals surface area (Å²) in [6.45, 7) is 0.565. The summed E-state index contributed by atoms with van der Waals surface area (Å²) >= 11 is 0. The molecule has 5 N–H and O–H groups in total. The average molecular weight is 194 g/mol. The summed E-state index contributed by atoms with van der Waals surface area (Å²) in [4.78, 5) is 0. The highest BCUT2D eigenvalue weighted by Gasteiger charge is 2.52. The number of aliphatic hydroxyl groups is 5. The molecule has 1 aliphatic heterocycles. The quantitative estimate of drug-likeness (QED) is 0.324. The van der Waals surface area contributed by atoms with Crippen molar-refractivity contribution in [1.82, 2.24) is 0 Å². The van der Waals surface area contributed by atoms with Crippen molar-refractivity contribution >= 4 is 0 Å². The topological polar surface area (TPSA) is 110 Å². The van der Waals surface area contributed by atoms with Gasteiger partial charge in [0.25, 0.3) is 0 Å². The molecule has 0 aromatic rings. The highest BCUT2D eigenvalue weighted by Crippen LogP contribution is 2.30. The van der Waals surface area contributed by atoms with Crippen LogP contribution in [-0.2, 0) is 4.74 Å². The molecule has 1 heterocycles. The van der Waals surface area contributed by atoms with Crippen LogP contribution >= 0.6 is 0 Å². The molecule has 0 spiro atoms. The molecule has 1 rings (SSSR count). The van der Waals surface area contributed by atoms with Gasteiger partial charge in [0.1, 0.15) is 24.4 Å². The molecule has 0 aliphatic carbocycles. The highest BCUT2D eigenvalue weighted by molar-refractivity contribution is 4.95. The van der Waals surface area contributed by atoms with Crippen LogP contribution in [0.25, 0.3) is 0 Å². The maximum absolute atomic E-state index is 9.32. The zero-order valence-electron chi connectivity index (χ0n) is 7.16. The van der Waals surface area contributed by atoms with Gasteiger partial charge in [0, 0.05) is 0 Å². The highest BCUT2D eigenvalue weighted by atomic mass is 16.7. The van der Waals surface area contributed by atoms with E-state index in [4.69, 9.17) is 14.9 Å². The van der Waals surface area contributed by atoms with Crippen LogP contribution in [0.4, 0.5) is 0 Å². The van der Waals surface area contributed by atoms with E-state index in [1.807, 2.05) is 0 Å². The van der Waals surface area contributed by atoms with E-state index in [1.165, 1.54) is 6.92 Å². The third kappa shape index (κ3) is 1.83. The molecule has 6 nitrogen and oxygen atoms in total. The summed E-state index contributed by atoms with van der Waals surface area (Å²) in [5.41, 5.74) is 0. The van der Waals surface area contributed by atoms with Crippen molar-refractivity contribution in [1.29, 1.82) is 0 Å². The lowest BCUT2D eigenvalue weighted by molar-refractivity contribution is -0.226. The predicted molar refractivity (Wildman–Crippen MR) is 40.6 cm³/mol. The molecule has 0 aromatic heterocycles. The molecule has 0 aromatic carbocycles. The Balaban J connectivity index is 2.72. The maximum Gasteiger partial charge on any atom is 0.192 e. The molecule has 5 atom stereocenters. The van der Waals surface area contributed by atoms with E-state index >= 15 is 0 Å².